The molecule has 2 N–H and O–H groups in total. The minimum absolute atomic E-state index is 0.0347. The summed E-state index contributed by atoms with van der Waals surface area (Å²) in [4.78, 5) is 14.5. The summed E-state index contributed by atoms with van der Waals surface area (Å²) in [6.07, 6.45) is 2.46. The van der Waals surface area contributed by atoms with E-state index < -0.39 is 0 Å². The van der Waals surface area contributed by atoms with Crippen LogP contribution >= 0.6 is 12.2 Å². The highest BCUT2D eigenvalue weighted by atomic mass is 32.1. The quantitative estimate of drug-likeness (QED) is 0.846. The second kappa shape index (κ2) is 5.06. The molecule has 1 amide bonds. The van der Waals surface area contributed by atoms with E-state index in [9.17, 15) is 4.79 Å². The lowest BCUT2D eigenvalue weighted by molar-refractivity contribution is 0.0727. The molecule has 0 spiro atoms. The van der Waals surface area contributed by atoms with Crippen molar-refractivity contribution in [2.45, 2.75) is 25.8 Å². The van der Waals surface area contributed by atoms with Gasteiger partial charge in [-0.2, -0.15) is 0 Å². The first-order valence-corrected chi connectivity index (χ1v) is 6.58. The van der Waals surface area contributed by atoms with E-state index in [2.05, 4.69) is 6.92 Å². The van der Waals surface area contributed by atoms with Gasteiger partial charge in [-0.05, 0) is 37.8 Å². The highest BCUT2D eigenvalue weighted by Crippen LogP contribution is 2.35. The topological polar surface area (TPSA) is 46.3 Å². The molecule has 0 aliphatic heterocycles. The molecule has 1 atom stereocenters. The molecule has 0 radical (unpaired) electrons. The summed E-state index contributed by atoms with van der Waals surface area (Å²) in [6.45, 7) is 2.10. The van der Waals surface area contributed by atoms with Crippen LogP contribution in [0.15, 0.2) is 24.3 Å². The van der Waals surface area contributed by atoms with Crippen molar-refractivity contribution in [3.8, 4) is 0 Å². The van der Waals surface area contributed by atoms with E-state index in [0.29, 0.717) is 22.5 Å². The number of hydrogen-bond acceptors (Lipinski definition) is 2. The number of nitrogens with two attached hydrogens (primary N) is 1. The third-order valence-electron chi connectivity index (χ3n) is 3.63. The minimum Gasteiger partial charge on any atom is -0.389 e. The molecule has 1 fully saturated rings. The van der Waals surface area contributed by atoms with Crippen LogP contribution in [0.25, 0.3) is 0 Å². The zero-order valence-electron chi connectivity index (χ0n) is 10.7. The summed E-state index contributed by atoms with van der Waals surface area (Å²) < 4.78 is 0. The van der Waals surface area contributed by atoms with Crippen molar-refractivity contribution >= 4 is 23.1 Å². The first-order chi connectivity index (χ1) is 8.50. The van der Waals surface area contributed by atoms with Crippen LogP contribution in [0, 0.1) is 5.92 Å². The van der Waals surface area contributed by atoms with Crippen molar-refractivity contribution in [2.24, 2.45) is 11.7 Å². The molecule has 4 heteroatoms. The molecule has 1 aromatic rings. The van der Waals surface area contributed by atoms with Crippen LogP contribution in [0.3, 0.4) is 0 Å². The van der Waals surface area contributed by atoms with Crippen LogP contribution in [0.2, 0.25) is 0 Å². The van der Waals surface area contributed by atoms with Crippen molar-refractivity contribution in [1.82, 2.24) is 4.90 Å². The second-order valence-corrected chi connectivity index (χ2v) is 5.38. The molecule has 1 aromatic carbocycles. The van der Waals surface area contributed by atoms with Gasteiger partial charge in [-0.15, -0.1) is 0 Å². The molecular formula is C14H18N2OS. The Bertz CT molecular complexity index is 482. The Morgan fingerprint density at radius 3 is 2.61 bits per heavy atom. The van der Waals surface area contributed by atoms with Crippen molar-refractivity contribution in [3.05, 3.63) is 35.4 Å². The van der Waals surface area contributed by atoms with Gasteiger partial charge in [0.2, 0.25) is 0 Å². The van der Waals surface area contributed by atoms with Gasteiger partial charge in [-0.3, -0.25) is 4.79 Å². The maximum atomic E-state index is 12.3. The third kappa shape index (κ3) is 2.70. The highest BCUT2D eigenvalue weighted by molar-refractivity contribution is 7.80. The molecule has 1 aliphatic rings. The maximum Gasteiger partial charge on any atom is 0.253 e. The second-order valence-electron chi connectivity index (χ2n) is 4.94. The Balaban J connectivity index is 2.17. The van der Waals surface area contributed by atoms with Gasteiger partial charge in [0.25, 0.3) is 5.91 Å². The smallest absolute Gasteiger partial charge is 0.253 e. The summed E-state index contributed by atoms with van der Waals surface area (Å²) in [5, 5.41) is 0. The number of benzene rings is 1. The van der Waals surface area contributed by atoms with Gasteiger partial charge < -0.3 is 10.6 Å². The van der Waals surface area contributed by atoms with Crippen molar-refractivity contribution in [1.29, 1.82) is 0 Å². The lowest BCUT2D eigenvalue weighted by atomic mass is 10.1. The zero-order chi connectivity index (χ0) is 13.3. The molecule has 2 rings (SSSR count). The number of thiocarbonyl (C=S) groups is 1. The van der Waals surface area contributed by atoms with Gasteiger partial charge in [0.1, 0.15) is 4.99 Å². The van der Waals surface area contributed by atoms with Gasteiger partial charge >= 0.3 is 0 Å². The van der Waals surface area contributed by atoms with Gasteiger partial charge in [-0.1, -0.05) is 24.4 Å². The summed E-state index contributed by atoms with van der Waals surface area (Å²) in [6, 6.07) is 7.51. The van der Waals surface area contributed by atoms with E-state index in [1.807, 2.05) is 24.1 Å². The summed E-state index contributed by atoms with van der Waals surface area (Å²) in [7, 11) is 1.86. The van der Waals surface area contributed by atoms with E-state index in [1.54, 1.807) is 12.1 Å². The lowest BCUT2D eigenvalue weighted by Gasteiger charge is -2.25. The first-order valence-electron chi connectivity index (χ1n) is 6.17. The molecule has 0 saturated heterocycles. The van der Waals surface area contributed by atoms with Crippen LogP contribution in [0.5, 0.6) is 0 Å². The Morgan fingerprint density at radius 2 is 2.06 bits per heavy atom. The Hall–Kier alpha value is -1.42. The number of carbonyl (C=O) groups is 1. The molecule has 1 unspecified atom stereocenters. The fourth-order valence-corrected chi connectivity index (χ4v) is 2.22. The SMILES string of the molecule is CC(C1CC1)N(C)C(=O)c1cccc(C(N)=S)c1. The van der Waals surface area contributed by atoms with E-state index >= 15 is 0 Å². The fraction of sp³-hybridized carbons (Fsp3) is 0.429. The Labute approximate surface area is 113 Å². The summed E-state index contributed by atoms with van der Waals surface area (Å²) in [5.74, 6) is 0.699. The number of rotatable bonds is 4. The number of nitrogens with zero attached hydrogens (tertiary/aromatic N) is 1. The number of hydrogen-bond donors (Lipinski definition) is 1. The van der Waals surface area contributed by atoms with Crippen molar-refractivity contribution < 1.29 is 4.79 Å². The van der Waals surface area contributed by atoms with E-state index in [4.69, 9.17) is 18.0 Å². The fourth-order valence-electron chi connectivity index (χ4n) is 2.09. The predicted octanol–water partition coefficient (Wildman–Crippen LogP) is 2.19. The normalized spacial score (nSPS) is 16.1. The molecule has 0 heterocycles. The molecule has 18 heavy (non-hydrogen) atoms. The molecule has 1 aliphatic carbocycles. The van der Waals surface area contributed by atoms with Crippen LogP contribution in [-0.2, 0) is 0 Å². The number of carbonyl (C=O) groups excluding carboxylic acids is 1. The van der Waals surface area contributed by atoms with Gasteiger partial charge in [0, 0.05) is 24.2 Å². The van der Waals surface area contributed by atoms with Gasteiger partial charge in [0.05, 0.1) is 0 Å². The molecule has 0 bridgehead atoms. The average molecular weight is 262 g/mol. The predicted molar refractivity (Wildman–Crippen MR) is 76.6 cm³/mol. The largest absolute Gasteiger partial charge is 0.389 e. The zero-order valence-corrected chi connectivity index (χ0v) is 11.5. The van der Waals surface area contributed by atoms with Crippen molar-refractivity contribution in [3.63, 3.8) is 0 Å². The van der Waals surface area contributed by atoms with Crippen LogP contribution in [0.4, 0.5) is 0 Å². The summed E-state index contributed by atoms with van der Waals surface area (Å²) in [5.41, 5.74) is 6.97. The lowest BCUT2D eigenvalue weighted by Crippen LogP contribution is -2.36. The molecular weight excluding hydrogens is 244 g/mol. The average Bonchev–Trinajstić information content (AvgIpc) is 3.20. The maximum absolute atomic E-state index is 12.3. The molecule has 0 aromatic heterocycles. The van der Waals surface area contributed by atoms with Gasteiger partial charge in [-0.25, -0.2) is 0 Å². The van der Waals surface area contributed by atoms with Crippen molar-refractivity contribution in [2.75, 3.05) is 7.05 Å². The first kappa shape index (κ1) is 13.0. The third-order valence-corrected chi connectivity index (χ3v) is 3.87. The van der Waals surface area contributed by atoms with E-state index in [1.165, 1.54) is 12.8 Å². The molecule has 1 saturated carbocycles. The van der Waals surface area contributed by atoms with Gasteiger partial charge in [0.15, 0.2) is 0 Å². The summed E-state index contributed by atoms with van der Waals surface area (Å²) >= 11 is 4.93. The monoisotopic (exact) mass is 262 g/mol. The molecule has 3 nitrogen and oxygen atoms in total. The molecule has 96 valence electrons. The Kier molecular flexibility index (Phi) is 3.66. The Morgan fingerprint density at radius 1 is 1.44 bits per heavy atom. The standard InChI is InChI=1S/C14H18N2OS/c1-9(10-6-7-10)16(2)14(17)12-5-3-4-11(8-12)13(15)18/h3-5,8-10H,6-7H2,1-2H3,(H2,15,18). The number of amides is 1. The van der Waals surface area contributed by atoms with E-state index in [0.717, 1.165) is 5.56 Å². The minimum atomic E-state index is 0.0347. The van der Waals surface area contributed by atoms with Crippen LogP contribution in [-0.4, -0.2) is 28.9 Å². The van der Waals surface area contributed by atoms with E-state index in [-0.39, 0.29) is 5.91 Å². The van der Waals surface area contributed by atoms with Crippen LogP contribution < -0.4 is 5.73 Å². The highest BCUT2D eigenvalue weighted by Gasteiger charge is 2.32. The van der Waals surface area contributed by atoms with Crippen LogP contribution in [0.1, 0.15) is 35.7 Å².